The van der Waals surface area contributed by atoms with E-state index in [9.17, 15) is 0 Å². The molecule has 0 aliphatic heterocycles. The van der Waals surface area contributed by atoms with Gasteiger partial charge in [-0.25, -0.2) is 0 Å². The standard InChI is InChI=1S/C10H15ClN2O/c1-7-4-10(14-3)8(11)5-9(7)13-6-12-2/h4-5,12-13H,6H2,1-3H3. The van der Waals surface area contributed by atoms with Crippen molar-refractivity contribution in [2.75, 3.05) is 26.1 Å². The van der Waals surface area contributed by atoms with Gasteiger partial charge in [-0.2, -0.15) is 0 Å². The summed E-state index contributed by atoms with van der Waals surface area (Å²) >= 11 is 6.00. The Morgan fingerprint density at radius 3 is 2.71 bits per heavy atom. The van der Waals surface area contributed by atoms with E-state index in [0.29, 0.717) is 17.4 Å². The van der Waals surface area contributed by atoms with E-state index in [0.717, 1.165) is 11.3 Å². The van der Waals surface area contributed by atoms with Crippen LogP contribution >= 0.6 is 11.6 Å². The molecule has 0 saturated heterocycles. The second-order valence-corrected chi connectivity index (χ2v) is 3.42. The average Bonchev–Trinajstić information content (AvgIpc) is 2.18. The van der Waals surface area contributed by atoms with Crippen molar-refractivity contribution in [3.05, 3.63) is 22.7 Å². The summed E-state index contributed by atoms with van der Waals surface area (Å²) in [5.74, 6) is 0.708. The highest BCUT2D eigenvalue weighted by molar-refractivity contribution is 6.32. The first-order valence-electron chi connectivity index (χ1n) is 4.41. The van der Waals surface area contributed by atoms with Crippen molar-refractivity contribution in [2.45, 2.75) is 6.92 Å². The van der Waals surface area contributed by atoms with E-state index in [1.54, 1.807) is 7.11 Å². The van der Waals surface area contributed by atoms with Crippen LogP contribution in [0.15, 0.2) is 12.1 Å². The number of hydrogen-bond acceptors (Lipinski definition) is 3. The fourth-order valence-corrected chi connectivity index (χ4v) is 1.43. The minimum absolute atomic E-state index is 0.622. The first kappa shape index (κ1) is 11.1. The van der Waals surface area contributed by atoms with Gasteiger partial charge in [0.2, 0.25) is 0 Å². The van der Waals surface area contributed by atoms with Gasteiger partial charge in [-0.1, -0.05) is 11.6 Å². The molecule has 0 aliphatic rings. The molecule has 1 aromatic carbocycles. The molecule has 1 aromatic rings. The van der Waals surface area contributed by atoms with Crippen LogP contribution in [0.5, 0.6) is 5.75 Å². The molecule has 0 aromatic heterocycles. The topological polar surface area (TPSA) is 33.3 Å². The van der Waals surface area contributed by atoms with Crippen LogP contribution in [0.1, 0.15) is 5.56 Å². The summed E-state index contributed by atoms with van der Waals surface area (Å²) in [4.78, 5) is 0. The maximum absolute atomic E-state index is 6.00. The Bertz CT molecular complexity index is 315. The van der Waals surface area contributed by atoms with Gasteiger partial charge in [-0.15, -0.1) is 0 Å². The predicted octanol–water partition coefficient (Wildman–Crippen LogP) is 2.25. The largest absolute Gasteiger partial charge is 0.495 e. The van der Waals surface area contributed by atoms with E-state index in [1.165, 1.54) is 0 Å². The quantitative estimate of drug-likeness (QED) is 0.755. The Morgan fingerprint density at radius 1 is 1.43 bits per heavy atom. The van der Waals surface area contributed by atoms with Gasteiger partial charge in [0.05, 0.1) is 18.8 Å². The molecule has 0 atom stereocenters. The summed E-state index contributed by atoms with van der Waals surface area (Å²) in [7, 11) is 3.49. The van der Waals surface area contributed by atoms with Crippen molar-refractivity contribution in [2.24, 2.45) is 0 Å². The molecule has 0 bridgehead atoms. The lowest BCUT2D eigenvalue weighted by Crippen LogP contribution is -2.17. The number of anilines is 1. The van der Waals surface area contributed by atoms with Crippen molar-refractivity contribution in [3.8, 4) is 5.75 Å². The van der Waals surface area contributed by atoms with E-state index >= 15 is 0 Å². The number of methoxy groups -OCH3 is 1. The van der Waals surface area contributed by atoms with Crippen molar-refractivity contribution in [1.29, 1.82) is 0 Å². The van der Waals surface area contributed by atoms with E-state index in [-0.39, 0.29) is 0 Å². The molecule has 4 heteroatoms. The molecule has 0 spiro atoms. The minimum Gasteiger partial charge on any atom is -0.495 e. The van der Waals surface area contributed by atoms with Crippen molar-refractivity contribution in [1.82, 2.24) is 5.32 Å². The molecule has 0 fully saturated rings. The predicted molar refractivity (Wildman–Crippen MR) is 60.3 cm³/mol. The Balaban J connectivity index is 2.90. The number of benzene rings is 1. The molecule has 0 heterocycles. The fourth-order valence-electron chi connectivity index (χ4n) is 1.19. The lowest BCUT2D eigenvalue weighted by atomic mass is 10.2. The number of hydrogen-bond donors (Lipinski definition) is 2. The summed E-state index contributed by atoms with van der Waals surface area (Å²) in [5.41, 5.74) is 2.13. The molecule has 78 valence electrons. The van der Waals surface area contributed by atoms with Crippen LogP contribution in [-0.4, -0.2) is 20.8 Å². The van der Waals surface area contributed by atoms with Crippen molar-refractivity contribution >= 4 is 17.3 Å². The lowest BCUT2D eigenvalue weighted by molar-refractivity contribution is 0.415. The zero-order chi connectivity index (χ0) is 10.6. The van der Waals surface area contributed by atoms with Gasteiger partial charge in [0.15, 0.2) is 0 Å². The molecule has 14 heavy (non-hydrogen) atoms. The smallest absolute Gasteiger partial charge is 0.137 e. The molecule has 0 aliphatic carbocycles. The summed E-state index contributed by atoms with van der Waals surface area (Å²) in [6.07, 6.45) is 0. The van der Waals surface area contributed by atoms with E-state index in [4.69, 9.17) is 16.3 Å². The highest BCUT2D eigenvalue weighted by Gasteiger charge is 2.04. The highest BCUT2D eigenvalue weighted by atomic mass is 35.5. The highest BCUT2D eigenvalue weighted by Crippen LogP contribution is 2.30. The summed E-state index contributed by atoms with van der Waals surface area (Å²) < 4.78 is 5.11. The number of aryl methyl sites for hydroxylation is 1. The normalized spacial score (nSPS) is 10.0. The van der Waals surface area contributed by atoms with Crippen LogP contribution in [0, 0.1) is 6.92 Å². The Kier molecular flexibility index (Phi) is 4.04. The van der Waals surface area contributed by atoms with Crippen LogP contribution in [0.25, 0.3) is 0 Å². The van der Waals surface area contributed by atoms with Gasteiger partial charge in [0.25, 0.3) is 0 Å². The van der Waals surface area contributed by atoms with Crippen LogP contribution in [0.2, 0.25) is 5.02 Å². The van der Waals surface area contributed by atoms with Crippen molar-refractivity contribution in [3.63, 3.8) is 0 Å². The SMILES string of the molecule is CNCNc1cc(Cl)c(OC)cc1C. The van der Waals surface area contributed by atoms with Gasteiger partial charge in [0.1, 0.15) is 5.75 Å². The second kappa shape index (κ2) is 5.08. The van der Waals surface area contributed by atoms with Crippen LogP contribution < -0.4 is 15.4 Å². The summed E-state index contributed by atoms with van der Waals surface area (Å²) in [5, 5.41) is 6.83. The summed E-state index contributed by atoms with van der Waals surface area (Å²) in [6.45, 7) is 2.72. The van der Waals surface area contributed by atoms with Gasteiger partial charge in [0, 0.05) is 5.69 Å². The van der Waals surface area contributed by atoms with Gasteiger partial charge in [-0.3, -0.25) is 0 Å². The van der Waals surface area contributed by atoms with Gasteiger partial charge >= 0.3 is 0 Å². The maximum atomic E-state index is 6.00. The van der Waals surface area contributed by atoms with E-state index in [2.05, 4.69) is 10.6 Å². The Labute approximate surface area is 89.4 Å². The van der Waals surface area contributed by atoms with Crippen LogP contribution in [-0.2, 0) is 0 Å². The minimum atomic E-state index is 0.622. The number of rotatable bonds is 4. The van der Waals surface area contributed by atoms with Gasteiger partial charge < -0.3 is 15.4 Å². The third-order valence-corrected chi connectivity index (χ3v) is 2.25. The molecule has 0 amide bonds. The second-order valence-electron chi connectivity index (χ2n) is 3.01. The first-order chi connectivity index (χ1) is 6.69. The Morgan fingerprint density at radius 2 is 2.14 bits per heavy atom. The van der Waals surface area contributed by atoms with Gasteiger partial charge in [-0.05, 0) is 31.7 Å². The lowest BCUT2D eigenvalue weighted by Gasteiger charge is -2.11. The third-order valence-electron chi connectivity index (χ3n) is 1.95. The summed E-state index contributed by atoms with van der Waals surface area (Å²) in [6, 6.07) is 3.79. The molecule has 0 unspecified atom stereocenters. The van der Waals surface area contributed by atoms with Crippen molar-refractivity contribution < 1.29 is 4.74 Å². The molecular weight excluding hydrogens is 200 g/mol. The molecule has 2 N–H and O–H groups in total. The number of halogens is 1. The molecular formula is C10H15ClN2O. The molecule has 3 nitrogen and oxygen atoms in total. The van der Waals surface area contributed by atoms with E-state index in [1.807, 2.05) is 26.1 Å². The maximum Gasteiger partial charge on any atom is 0.137 e. The van der Waals surface area contributed by atoms with Crippen LogP contribution in [0.3, 0.4) is 0 Å². The molecule has 0 saturated carbocycles. The molecule has 0 radical (unpaired) electrons. The first-order valence-corrected chi connectivity index (χ1v) is 4.79. The zero-order valence-electron chi connectivity index (χ0n) is 8.65. The number of nitrogens with one attached hydrogen (secondary N) is 2. The number of ether oxygens (including phenoxy) is 1. The average molecular weight is 215 g/mol. The van der Waals surface area contributed by atoms with E-state index < -0.39 is 0 Å². The fraction of sp³-hybridized carbons (Fsp3) is 0.400. The zero-order valence-corrected chi connectivity index (χ0v) is 9.40. The van der Waals surface area contributed by atoms with Crippen LogP contribution in [0.4, 0.5) is 5.69 Å². The third kappa shape index (κ3) is 2.53. The molecule has 1 rings (SSSR count). The monoisotopic (exact) mass is 214 g/mol. The Hall–Kier alpha value is -0.930.